The quantitative estimate of drug-likeness (QED) is 0.570. The van der Waals surface area contributed by atoms with Crippen LogP contribution in [0.1, 0.15) is 0 Å². The van der Waals surface area contributed by atoms with Crippen LogP contribution in [-0.4, -0.2) is 37.4 Å². The van der Waals surface area contributed by atoms with Crippen molar-refractivity contribution in [1.29, 1.82) is 0 Å². The van der Waals surface area contributed by atoms with Crippen LogP contribution in [0.3, 0.4) is 0 Å². The van der Waals surface area contributed by atoms with Crippen molar-refractivity contribution < 1.29 is 13.3 Å². The molecule has 0 rings (SSSR count). The Kier molecular flexibility index (Phi) is 15.0. The second-order valence-corrected chi connectivity index (χ2v) is 3.28. The van der Waals surface area contributed by atoms with Gasteiger partial charge in [-0.2, -0.15) is 0 Å². The van der Waals surface area contributed by atoms with E-state index in [-0.39, 0.29) is 0 Å². The van der Waals surface area contributed by atoms with E-state index in [2.05, 4.69) is 6.92 Å². The van der Waals surface area contributed by atoms with Crippen LogP contribution >= 0.6 is 0 Å². The summed E-state index contributed by atoms with van der Waals surface area (Å²) in [6, 6.07) is 0. The Balaban J connectivity index is 0. The third-order valence-electron chi connectivity index (χ3n) is 0.577. The molecule has 0 heterocycles. The summed E-state index contributed by atoms with van der Waals surface area (Å²) in [5.41, 5.74) is 4.74. The molecule has 63 valence electrons. The minimum absolute atomic E-state index is 0.500. The van der Waals surface area contributed by atoms with E-state index in [4.69, 9.17) is 19.0 Å². The van der Waals surface area contributed by atoms with Gasteiger partial charge in [-0.3, -0.25) is 0 Å². The SMILES string of the molecule is CO[SiH](OC)OC.[CH2]CN. The van der Waals surface area contributed by atoms with E-state index in [1.165, 1.54) is 0 Å². The van der Waals surface area contributed by atoms with Crippen molar-refractivity contribution in [2.45, 2.75) is 0 Å². The van der Waals surface area contributed by atoms with E-state index in [1.807, 2.05) is 0 Å². The summed E-state index contributed by atoms with van der Waals surface area (Å²) in [6.45, 7) is 3.76. The van der Waals surface area contributed by atoms with Crippen LogP contribution in [-0.2, 0) is 13.3 Å². The molecule has 0 saturated heterocycles. The van der Waals surface area contributed by atoms with Crippen LogP contribution in [0.5, 0.6) is 0 Å². The molecule has 0 atom stereocenters. The summed E-state index contributed by atoms with van der Waals surface area (Å²) in [4.78, 5) is 0. The molecular formula is C5H16NO3Si. The molecule has 0 amide bonds. The largest absolute Gasteiger partial charge is 0.483 e. The van der Waals surface area contributed by atoms with Crippen molar-refractivity contribution in [3.8, 4) is 0 Å². The maximum absolute atomic E-state index is 4.74. The zero-order chi connectivity index (χ0) is 8.41. The highest BCUT2D eigenvalue weighted by molar-refractivity contribution is 6.36. The molecule has 4 nitrogen and oxygen atoms in total. The Morgan fingerprint density at radius 2 is 1.40 bits per heavy atom. The third kappa shape index (κ3) is 10.9. The second kappa shape index (κ2) is 11.8. The predicted molar refractivity (Wildman–Crippen MR) is 42.6 cm³/mol. The first-order valence-corrected chi connectivity index (χ1v) is 4.25. The molecule has 0 fully saturated rings. The summed E-state index contributed by atoms with van der Waals surface area (Å²) in [5.74, 6) is 0. The Hall–Kier alpha value is 0.0569. The molecule has 0 aromatic rings. The van der Waals surface area contributed by atoms with Crippen molar-refractivity contribution in [2.24, 2.45) is 5.73 Å². The van der Waals surface area contributed by atoms with Gasteiger partial charge in [-0.15, -0.1) is 0 Å². The molecule has 5 heteroatoms. The van der Waals surface area contributed by atoms with Crippen molar-refractivity contribution in [3.63, 3.8) is 0 Å². The Morgan fingerprint density at radius 1 is 1.20 bits per heavy atom. The van der Waals surface area contributed by atoms with E-state index in [0.29, 0.717) is 6.54 Å². The minimum atomic E-state index is -1.67. The van der Waals surface area contributed by atoms with Crippen LogP contribution in [0.25, 0.3) is 0 Å². The summed E-state index contributed by atoms with van der Waals surface area (Å²) >= 11 is 0. The van der Waals surface area contributed by atoms with Gasteiger partial charge >= 0.3 is 9.53 Å². The molecule has 0 aromatic carbocycles. The molecule has 10 heavy (non-hydrogen) atoms. The molecule has 0 aliphatic carbocycles. The average Bonchev–Trinajstić information content (AvgIpc) is 1.93. The van der Waals surface area contributed by atoms with Gasteiger partial charge in [0.2, 0.25) is 0 Å². The molecule has 0 aliphatic heterocycles. The van der Waals surface area contributed by atoms with Crippen LogP contribution in [0.15, 0.2) is 0 Å². The first kappa shape index (κ1) is 12.7. The van der Waals surface area contributed by atoms with Gasteiger partial charge < -0.3 is 19.0 Å². The average molecular weight is 166 g/mol. The van der Waals surface area contributed by atoms with E-state index >= 15 is 0 Å². The molecule has 0 unspecified atom stereocenters. The van der Waals surface area contributed by atoms with Gasteiger partial charge in [0.25, 0.3) is 0 Å². The molecule has 0 spiro atoms. The van der Waals surface area contributed by atoms with Crippen LogP contribution < -0.4 is 5.73 Å². The van der Waals surface area contributed by atoms with Gasteiger partial charge in [-0.1, -0.05) is 0 Å². The van der Waals surface area contributed by atoms with Crippen molar-refractivity contribution in [2.75, 3.05) is 27.9 Å². The molecular weight excluding hydrogens is 150 g/mol. The maximum Gasteiger partial charge on any atom is 0.483 e. The van der Waals surface area contributed by atoms with Gasteiger partial charge in [-0.05, 0) is 13.5 Å². The standard InChI is InChI=1S/C3H10O3Si.C2H6N/c1-4-7(5-2)6-3;1-2-3/h7H,1-3H3;1-3H2. The number of rotatable bonds is 3. The fraction of sp³-hybridized carbons (Fsp3) is 0.800. The first-order chi connectivity index (χ1) is 4.76. The van der Waals surface area contributed by atoms with Crippen LogP contribution in [0.4, 0.5) is 0 Å². The lowest BCUT2D eigenvalue weighted by Gasteiger charge is -2.05. The molecule has 0 bridgehead atoms. The lowest BCUT2D eigenvalue weighted by Crippen LogP contribution is -2.21. The van der Waals surface area contributed by atoms with Crippen molar-refractivity contribution in [1.82, 2.24) is 0 Å². The summed E-state index contributed by atoms with van der Waals surface area (Å²) in [6.07, 6.45) is 0. The minimum Gasteiger partial charge on any atom is -0.379 e. The van der Waals surface area contributed by atoms with Gasteiger partial charge in [0.05, 0.1) is 0 Å². The summed E-state index contributed by atoms with van der Waals surface area (Å²) in [5, 5.41) is 0. The summed E-state index contributed by atoms with van der Waals surface area (Å²) in [7, 11) is 3.05. The van der Waals surface area contributed by atoms with E-state index in [1.54, 1.807) is 21.3 Å². The number of hydrogen-bond acceptors (Lipinski definition) is 4. The molecule has 0 aromatic heterocycles. The van der Waals surface area contributed by atoms with Gasteiger partial charge in [0.1, 0.15) is 0 Å². The topological polar surface area (TPSA) is 53.7 Å². The van der Waals surface area contributed by atoms with Gasteiger partial charge in [-0.25, -0.2) is 0 Å². The lowest BCUT2D eigenvalue weighted by molar-refractivity contribution is 0.163. The smallest absolute Gasteiger partial charge is 0.379 e. The highest BCUT2D eigenvalue weighted by atomic mass is 28.3. The van der Waals surface area contributed by atoms with Crippen molar-refractivity contribution in [3.05, 3.63) is 6.92 Å². The highest BCUT2D eigenvalue weighted by Crippen LogP contribution is 1.81. The Bertz CT molecular complexity index is 46.6. The summed E-state index contributed by atoms with van der Waals surface area (Å²) < 4.78 is 14.2. The predicted octanol–water partition coefficient (Wildman–Crippen LogP) is -0.578. The molecule has 1 radical (unpaired) electrons. The number of nitrogens with two attached hydrogens (primary N) is 1. The fourth-order valence-electron chi connectivity index (χ4n) is 0.289. The Labute approximate surface area is 64.2 Å². The van der Waals surface area contributed by atoms with Gasteiger partial charge in [0.15, 0.2) is 0 Å². The van der Waals surface area contributed by atoms with Crippen LogP contribution in [0.2, 0.25) is 0 Å². The van der Waals surface area contributed by atoms with Gasteiger partial charge in [0, 0.05) is 21.3 Å². The zero-order valence-corrected chi connectivity index (χ0v) is 7.95. The van der Waals surface area contributed by atoms with Crippen LogP contribution in [0, 0.1) is 6.92 Å². The van der Waals surface area contributed by atoms with E-state index in [0.717, 1.165) is 0 Å². The fourth-order valence-corrected chi connectivity index (χ4v) is 0.866. The monoisotopic (exact) mass is 166 g/mol. The zero-order valence-electron chi connectivity index (χ0n) is 6.79. The first-order valence-electron chi connectivity index (χ1n) is 2.84. The highest BCUT2D eigenvalue weighted by Gasteiger charge is 2.04. The normalized spacial score (nSPS) is 9.00. The number of hydrogen-bond donors (Lipinski definition) is 1. The van der Waals surface area contributed by atoms with Crippen molar-refractivity contribution >= 4 is 9.53 Å². The van der Waals surface area contributed by atoms with E-state index in [9.17, 15) is 0 Å². The second-order valence-electron chi connectivity index (χ2n) is 1.28. The third-order valence-corrected chi connectivity index (χ3v) is 1.73. The van der Waals surface area contributed by atoms with E-state index < -0.39 is 9.53 Å². The molecule has 0 saturated carbocycles. The molecule has 0 aliphatic rings. The maximum atomic E-state index is 4.74. The molecule has 2 N–H and O–H groups in total. The lowest BCUT2D eigenvalue weighted by atomic mass is 10.8. The Morgan fingerprint density at radius 3 is 1.40 bits per heavy atom.